The maximum absolute atomic E-state index is 13.5. The molecule has 1 N–H and O–H groups in total. The van der Waals surface area contributed by atoms with E-state index in [2.05, 4.69) is 10.3 Å². The molecule has 158 valence electrons. The molecule has 0 radical (unpaired) electrons. The quantitative estimate of drug-likeness (QED) is 0.455. The van der Waals surface area contributed by atoms with Gasteiger partial charge < -0.3 is 19.2 Å². The van der Waals surface area contributed by atoms with E-state index >= 15 is 0 Å². The van der Waals surface area contributed by atoms with E-state index < -0.39 is 9.84 Å². The normalized spacial score (nSPS) is 13.2. The fourth-order valence-corrected chi connectivity index (χ4v) is 5.13. The molecule has 2 aromatic heterocycles. The second-order valence-electron chi connectivity index (χ2n) is 6.78. The summed E-state index contributed by atoms with van der Waals surface area (Å²) in [5, 5.41) is 4.81. The van der Waals surface area contributed by atoms with E-state index in [0.717, 1.165) is 10.4 Å². The summed E-state index contributed by atoms with van der Waals surface area (Å²) in [4.78, 5) is 5.15. The molecule has 0 saturated carbocycles. The van der Waals surface area contributed by atoms with E-state index in [4.69, 9.17) is 13.9 Å². The van der Waals surface area contributed by atoms with Gasteiger partial charge in [0.2, 0.25) is 26.6 Å². The van der Waals surface area contributed by atoms with Crippen molar-refractivity contribution in [2.45, 2.75) is 16.5 Å². The number of sulfone groups is 1. The van der Waals surface area contributed by atoms with Gasteiger partial charge in [0.1, 0.15) is 13.2 Å². The Hall–Kier alpha value is -3.30. The molecule has 1 aliphatic rings. The third-order valence-corrected chi connectivity index (χ3v) is 7.22. The molecular formula is C22H18N2O5S2. The molecule has 2 aromatic carbocycles. The molecule has 9 heteroatoms. The van der Waals surface area contributed by atoms with Crippen molar-refractivity contribution in [2.24, 2.45) is 0 Å². The zero-order chi connectivity index (χ0) is 21.3. The Morgan fingerprint density at radius 3 is 2.55 bits per heavy atom. The van der Waals surface area contributed by atoms with Gasteiger partial charge in [-0.15, -0.1) is 11.3 Å². The number of hydrogen-bond donors (Lipinski definition) is 1. The van der Waals surface area contributed by atoms with Crippen LogP contribution < -0.4 is 14.8 Å². The van der Waals surface area contributed by atoms with Crippen LogP contribution in [0.1, 0.15) is 5.56 Å². The van der Waals surface area contributed by atoms with Gasteiger partial charge in [0.25, 0.3) is 0 Å². The van der Waals surface area contributed by atoms with Gasteiger partial charge in [-0.25, -0.2) is 8.42 Å². The fourth-order valence-electron chi connectivity index (χ4n) is 3.19. The van der Waals surface area contributed by atoms with E-state index in [0.29, 0.717) is 31.3 Å². The van der Waals surface area contributed by atoms with Crippen molar-refractivity contribution < 1.29 is 22.3 Å². The lowest BCUT2D eigenvalue weighted by atomic mass is 10.2. The van der Waals surface area contributed by atoms with Crippen LogP contribution in [0.15, 0.2) is 80.4 Å². The highest BCUT2D eigenvalue weighted by atomic mass is 32.2. The number of rotatable bonds is 6. The van der Waals surface area contributed by atoms with Crippen molar-refractivity contribution in [3.8, 4) is 22.3 Å². The molecule has 0 fully saturated rings. The smallest absolute Gasteiger partial charge is 0.240 e. The number of nitrogens with one attached hydrogen (secondary N) is 1. The van der Waals surface area contributed by atoms with Crippen LogP contribution in [-0.2, 0) is 16.4 Å². The molecule has 31 heavy (non-hydrogen) atoms. The summed E-state index contributed by atoms with van der Waals surface area (Å²) in [7, 11) is -3.98. The Morgan fingerprint density at radius 2 is 1.77 bits per heavy atom. The second kappa shape index (κ2) is 8.09. The number of thiophene rings is 1. The van der Waals surface area contributed by atoms with Gasteiger partial charge in [0.15, 0.2) is 11.5 Å². The number of anilines is 1. The van der Waals surface area contributed by atoms with Gasteiger partial charge in [-0.2, -0.15) is 4.98 Å². The van der Waals surface area contributed by atoms with Gasteiger partial charge in [0, 0.05) is 12.6 Å². The van der Waals surface area contributed by atoms with Gasteiger partial charge in [-0.05, 0) is 29.1 Å². The van der Waals surface area contributed by atoms with Crippen LogP contribution in [-0.4, -0.2) is 26.6 Å². The molecule has 0 aliphatic carbocycles. The molecule has 5 rings (SSSR count). The largest absolute Gasteiger partial charge is 0.486 e. The Labute approximate surface area is 183 Å². The first-order valence-electron chi connectivity index (χ1n) is 9.58. The average Bonchev–Trinajstić information content (AvgIpc) is 3.48. The number of oxazole rings is 1. The van der Waals surface area contributed by atoms with Crippen molar-refractivity contribution in [3.63, 3.8) is 0 Å². The number of nitrogens with zero attached hydrogens (tertiary/aromatic N) is 1. The van der Waals surface area contributed by atoms with Crippen LogP contribution in [0.3, 0.4) is 0 Å². The summed E-state index contributed by atoms with van der Waals surface area (Å²) in [6.07, 6.45) is 0. The molecule has 0 bridgehead atoms. The Bertz CT molecular complexity index is 1300. The van der Waals surface area contributed by atoms with Crippen molar-refractivity contribution in [3.05, 3.63) is 71.6 Å². The molecule has 0 atom stereocenters. The first kappa shape index (κ1) is 19.7. The number of aromatic nitrogens is 1. The fraction of sp³-hybridized carbons (Fsp3) is 0.136. The Kier molecular flexibility index (Phi) is 5.13. The van der Waals surface area contributed by atoms with E-state index in [9.17, 15) is 8.42 Å². The topological polar surface area (TPSA) is 90.7 Å². The summed E-state index contributed by atoms with van der Waals surface area (Å²) >= 11 is 1.42. The van der Waals surface area contributed by atoms with E-state index in [1.807, 2.05) is 47.8 Å². The first-order chi connectivity index (χ1) is 15.1. The van der Waals surface area contributed by atoms with Gasteiger partial charge in [-0.3, -0.25) is 0 Å². The van der Waals surface area contributed by atoms with Gasteiger partial charge in [0.05, 0.1) is 9.77 Å². The molecule has 4 aromatic rings. The SMILES string of the molecule is O=S(=O)(c1ccc2c(c1)OCCO2)c1nc(-c2cccs2)oc1NCc1ccccc1. The third kappa shape index (κ3) is 3.89. The average molecular weight is 455 g/mol. The summed E-state index contributed by atoms with van der Waals surface area (Å²) in [6, 6.07) is 17.9. The Morgan fingerprint density at radius 1 is 0.968 bits per heavy atom. The highest BCUT2D eigenvalue weighted by Crippen LogP contribution is 2.37. The molecule has 0 spiro atoms. The molecule has 1 aliphatic heterocycles. The Balaban J connectivity index is 1.54. The molecule has 0 saturated heterocycles. The molecule has 3 heterocycles. The van der Waals surface area contributed by atoms with Gasteiger partial charge >= 0.3 is 0 Å². The number of fused-ring (bicyclic) bond motifs is 1. The van der Waals surface area contributed by atoms with Crippen molar-refractivity contribution in [1.29, 1.82) is 0 Å². The summed E-state index contributed by atoms with van der Waals surface area (Å²) in [6.45, 7) is 1.19. The van der Waals surface area contributed by atoms with Crippen LogP contribution in [0.25, 0.3) is 10.8 Å². The van der Waals surface area contributed by atoms with Crippen molar-refractivity contribution >= 4 is 27.1 Å². The predicted octanol–water partition coefficient (Wildman–Crippen LogP) is 4.62. The minimum absolute atomic E-state index is 0.0607. The zero-order valence-corrected chi connectivity index (χ0v) is 17.9. The number of ether oxygens (including phenoxy) is 2. The minimum atomic E-state index is -3.98. The second-order valence-corrected chi connectivity index (χ2v) is 9.59. The highest BCUT2D eigenvalue weighted by molar-refractivity contribution is 7.91. The van der Waals surface area contributed by atoms with E-state index in [1.54, 1.807) is 6.07 Å². The highest BCUT2D eigenvalue weighted by Gasteiger charge is 2.30. The standard InChI is InChI=1S/C22H18N2O5S2/c25-31(26,16-8-9-17-18(13-16)28-11-10-27-17)22-21(23-14-15-5-2-1-3-6-15)29-20(24-22)19-7-4-12-30-19/h1-9,12-13,23H,10-11,14H2. The third-order valence-electron chi connectivity index (χ3n) is 4.70. The van der Waals surface area contributed by atoms with Crippen LogP contribution in [0.5, 0.6) is 11.5 Å². The van der Waals surface area contributed by atoms with Crippen LogP contribution >= 0.6 is 11.3 Å². The minimum Gasteiger partial charge on any atom is -0.486 e. The van der Waals surface area contributed by atoms with Crippen LogP contribution in [0.4, 0.5) is 5.88 Å². The summed E-state index contributed by atoms with van der Waals surface area (Å²) < 4.78 is 43.9. The molecular weight excluding hydrogens is 436 g/mol. The van der Waals surface area contributed by atoms with Crippen molar-refractivity contribution in [1.82, 2.24) is 4.98 Å². The summed E-state index contributed by atoms with van der Waals surface area (Å²) in [5.74, 6) is 1.27. The molecule has 7 nitrogen and oxygen atoms in total. The molecule has 0 amide bonds. The maximum atomic E-state index is 13.5. The number of benzene rings is 2. The lowest BCUT2D eigenvalue weighted by Gasteiger charge is -2.18. The van der Waals surface area contributed by atoms with Crippen LogP contribution in [0, 0.1) is 0 Å². The maximum Gasteiger partial charge on any atom is 0.240 e. The predicted molar refractivity (Wildman–Crippen MR) is 116 cm³/mol. The van der Waals surface area contributed by atoms with Crippen molar-refractivity contribution in [2.75, 3.05) is 18.5 Å². The van der Waals surface area contributed by atoms with Gasteiger partial charge in [-0.1, -0.05) is 36.4 Å². The monoisotopic (exact) mass is 454 g/mol. The number of hydrogen-bond acceptors (Lipinski definition) is 8. The first-order valence-corrected chi connectivity index (χ1v) is 11.9. The van der Waals surface area contributed by atoms with Crippen LogP contribution in [0.2, 0.25) is 0 Å². The lowest BCUT2D eigenvalue weighted by Crippen LogP contribution is -2.16. The van der Waals surface area contributed by atoms with E-state index in [-0.39, 0.29) is 21.7 Å². The zero-order valence-electron chi connectivity index (χ0n) is 16.3. The lowest BCUT2D eigenvalue weighted by molar-refractivity contribution is 0.171. The summed E-state index contributed by atoms with van der Waals surface area (Å²) in [5.41, 5.74) is 0.985. The molecule has 0 unspecified atom stereocenters. The van der Waals surface area contributed by atoms with E-state index in [1.165, 1.54) is 23.5 Å².